The van der Waals surface area contributed by atoms with Crippen molar-refractivity contribution in [1.29, 1.82) is 0 Å². The maximum absolute atomic E-state index is 13.7. The number of hydrogen-bond donors (Lipinski definition) is 1. The summed E-state index contributed by atoms with van der Waals surface area (Å²) in [4.78, 5) is 26.7. The average Bonchev–Trinajstić information content (AvgIpc) is 3.59. The van der Waals surface area contributed by atoms with Gasteiger partial charge >= 0.3 is 192 Å². The molecule has 0 radical (unpaired) electrons. The molecule has 1 aliphatic carbocycles. The second kappa shape index (κ2) is 9.35. The van der Waals surface area contributed by atoms with Gasteiger partial charge in [0, 0.05) is 0 Å². The van der Waals surface area contributed by atoms with Crippen molar-refractivity contribution < 1.29 is 14.3 Å². The Labute approximate surface area is 192 Å². The number of carbonyl (C=O) groups excluding carboxylic acids is 2. The molecule has 1 aliphatic heterocycles. The molecule has 0 unspecified atom stereocenters. The predicted molar refractivity (Wildman–Crippen MR) is 134 cm³/mol. The molecule has 2 aliphatic rings. The Hall–Kier alpha value is -2.19. The van der Waals surface area contributed by atoms with E-state index in [4.69, 9.17) is 4.74 Å². The van der Waals surface area contributed by atoms with Crippen LogP contribution in [0.4, 0.5) is 5.69 Å². The number of aryl methyl sites for hydroxylation is 3. The van der Waals surface area contributed by atoms with Gasteiger partial charge in [-0.2, -0.15) is 0 Å². The van der Waals surface area contributed by atoms with E-state index in [-0.39, 0.29) is 17.0 Å². The summed E-state index contributed by atoms with van der Waals surface area (Å²) in [5.74, 6) is 0.0289. The number of nitrogens with one attached hydrogen (secondary N) is 1. The Morgan fingerprint density at radius 1 is 0.969 bits per heavy atom. The molecule has 1 saturated carbocycles. The van der Waals surface area contributed by atoms with Gasteiger partial charge in [0.1, 0.15) is 0 Å². The van der Waals surface area contributed by atoms with Gasteiger partial charge in [0.05, 0.1) is 0 Å². The fraction of sp³-hybridized carbons (Fsp3) is 0.481. The zero-order chi connectivity index (χ0) is 22.8. The Morgan fingerprint density at radius 2 is 1.59 bits per heavy atom. The van der Waals surface area contributed by atoms with E-state index in [1.165, 1.54) is 12.0 Å². The van der Waals surface area contributed by atoms with Crippen LogP contribution in [0.3, 0.4) is 0 Å². The van der Waals surface area contributed by atoms with Crippen molar-refractivity contribution in [3.63, 3.8) is 0 Å². The molecule has 2 fully saturated rings. The summed E-state index contributed by atoms with van der Waals surface area (Å²) in [6.45, 7) is 6.51. The Kier molecular flexibility index (Phi) is 6.72. The summed E-state index contributed by atoms with van der Waals surface area (Å²) in [6, 6.07) is 14.1. The molecular weight excluding hydrogens is 417 g/mol. The molecule has 2 aromatic rings. The van der Waals surface area contributed by atoms with E-state index in [0.29, 0.717) is 12.8 Å². The van der Waals surface area contributed by atoms with E-state index in [9.17, 15) is 9.59 Å². The molecule has 32 heavy (non-hydrogen) atoms. The molecule has 4 rings (SSSR count). The summed E-state index contributed by atoms with van der Waals surface area (Å²) in [5.41, 5.74) is 5.36. The number of benzene rings is 2. The Morgan fingerprint density at radius 3 is 2.19 bits per heavy atom. The quantitative estimate of drug-likeness (QED) is 0.428. The molecule has 172 valence electrons. The molecular formula is C27H36NO3P. The van der Waals surface area contributed by atoms with E-state index in [1.807, 2.05) is 30.3 Å². The summed E-state index contributed by atoms with van der Waals surface area (Å²) in [5, 5.41) is 2.99. The van der Waals surface area contributed by atoms with Crippen LogP contribution >= 0.6 is 7.26 Å². The summed E-state index contributed by atoms with van der Waals surface area (Å²) in [6.07, 6.45) is 7.91. The van der Waals surface area contributed by atoms with E-state index >= 15 is 0 Å². The molecule has 2 aromatic carbocycles. The first kappa shape index (κ1) is 23.0. The first-order chi connectivity index (χ1) is 15.4. The molecule has 0 atom stereocenters. The predicted octanol–water partition coefficient (Wildman–Crippen LogP) is 5.76. The third-order valence-electron chi connectivity index (χ3n) is 7.65. The first-order valence-electron chi connectivity index (χ1n) is 11.9. The molecule has 0 aromatic heterocycles. The molecule has 1 amide bonds. The molecule has 5 heteroatoms. The fourth-order valence-corrected chi connectivity index (χ4v) is 12.0. The van der Waals surface area contributed by atoms with Gasteiger partial charge in [0.15, 0.2) is 0 Å². The van der Waals surface area contributed by atoms with E-state index in [2.05, 4.69) is 38.2 Å². The number of hydrogen-bond acceptors (Lipinski definition) is 3. The number of rotatable bonds is 7. The minimum absolute atomic E-state index is 0.121. The van der Waals surface area contributed by atoms with Gasteiger partial charge < -0.3 is 0 Å². The second-order valence-electron chi connectivity index (χ2n) is 9.97. The third-order valence-corrected chi connectivity index (χ3v) is 14.0. The number of esters is 1. The molecule has 0 bridgehead atoms. The summed E-state index contributed by atoms with van der Waals surface area (Å²) in [7, 11) is -2.15. The molecule has 0 spiro atoms. The molecule has 1 saturated heterocycles. The molecule has 1 heterocycles. The maximum atomic E-state index is 13.7. The van der Waals surface area contributed by atoms with Crippen LogP contribution in [0.5, 0.6) is 0 Å². The van der Waals surface area contributed by atoms with Gasteiger partial charge in [0.25, 0.3) is 0 Å². The summed E-state index contributed by atoms with van der Waals surface area (Å²) >= 11 is 0. The van der Waals surface area contributed by atoms with Crippen LogP contribution in [-0.4, -0.2) is 35.5 Å². The topological polar surface area (TPSA) is 55.4 Å². The average molecular weight is 454 g/mol. The molecule has 4 nitrogen and oxygen atoms in total. The van der Waals surface area contributed by atoms with Crippen molar-refractivity contribution in [3.8, 4) is 0 Å². The standard InChI is InChI=1S/C27H36NO3P/c1-20-16-21(2)25(22(3)17-20)28-26(30)27(12-13-27)32(14-8-5-9-15-32)19-24(29)31-18-23-10-6-4-7-11-23/h4,6-7,10-11,16-17,32H,5,8-9,12-15,18-19H2,1-3H3,(H,28,30). The van der Waals surface area contributed by atoms with Gasteiger partial charge in [-0.25, -0.2) is 0 Å². The van der Waals surface area contributed by atoms with Crippen LogP contribution < -0.4 is 5.32 Å². The third kappa shape index (κ3) is 4.62. The Balaban J connectivity index is 1.51. The van der Waals surface area contributed by atoms with Crippen LogP contribution in [0.1, 0.15) is 54.4 Å². The molecule has 1 N–H and O–H groups in total. The van der Waals surface area contributed by atoms with E-state index in [0.717, 1.165) is 60.4 Å². The van der Waals surface area contributed by atoms with Crippen molar-refractivity contribution >= 4 is 24.8 Å². The Bertz CT molecular complexity index is 968. The van der Waals surface area contributed by atoms with Crippen LogP contribution in [0.15, 0.2) is 42.5 Å². The van der Waals surface area contributed by atoms with Crippen molar-refractivity contribution in [1.82, 2.24) is 0 Å². The van der Waals surface area contributed by atoms with Crippen molar-refractivity contribution in [2.24, 2.45) is 0 Å². The van der Waals surface area contributed by atoms with Gasteiger partial charge in [0.2, 0.25) is 0 Å². The van der Waals surface area contributed by atoms with Crippen molar-refractivity contribution in [2.75, 3.05) is 23.8 Å². The van der Waals surface area contributed by atoms with Crippen LogP contribution in [0, 0.1) is 20.8 Å². The van der Waals surface area contributed by atoms with E-state index < -0.39 is 7.26 Å². The number of anilines is 1. The monoisotopic (exact) mass is 453 g/mol. The fourth-order valence-electron chi connectivity index (χ4n) is 5.85. The van der Waals surface area contributed by atoms with Gasteiger partial charge in [-0.3, -0.25) is 0 Å². The van der Waals surface area contributed by atoms with Gasteiger partial charge in [-0.05, 0) is 0 Å². The number of amides is 1. The van der Waals surface area contributed by atoms with Gasteiger partial charge in [-0.15, -0.1) is 0 Å². The number of ether oxygens (including phenoxy) is 1. The van der Waals surface area contributed by atoms with Crippen LogP contribution in [-0.2, 0) is 20.9 Å². The van der Waals surface area contributed by atoms with E-state index in [1.54, 1.807) is 0 Å². The first-order valence-corrected chi connectivity index (χ1v) is 14.6. The van der Waals surface area contributed by atoms with Crippen molar-refractivity contribution in [3.05, 3.63) is 64.7 Å². The van der Waals surface area contributed by atoms with Crippen LogP contribution in [0.25, 0.3) is 0 Å². The zero-order valence-electron chi connectivity index (χ0n) is 19.6. The van der Waals surface area contributed by atoms with Gasteiger partial charge in [-0.1, -0.05) is 0 Å². The zero-order valence-corrected chi connectivity index (χ0v) is 20.6. The van der Waals surface area contributed by atoms with Crippen LogP contribution in [0.2, 0.25) is 0 Å². The normalized spacial score (nSPS) is 19.6. The number of carbonyl (C=O) groups is 2. The van der Waals surface area contributed by atoms with Crippen molar-refractivity contribution in [2.45, 2.75) is 64.6 Å². The summed E-state index contributed by atoms with van der Waals surface area (Å²) < 4.78 is 5.69. The second-order valence-corrected chi connectivity index (χ2v) is 14.8. The SMILES string of the molecule is Cc1cc(C)c(NC(=O)C2([PH]3(CC(=O)OCc4ccccc4)CCCCC3)CC2)c(C)c1. The minimum atomic E-state index is -2.15.